The number of hydrogen-bond acceptors (Lipinski definition) is 4. The average molecular weight is 217 g/mol. The van der Waals surface area contributed by atoms with Crippen LogP contribution in [0.2, 0.25) is 0 Å². The van der Waals surface area contributed by atoms with Gasteiger partial charge in [-0.25, -0.2) is 0 Å². The molecule has 0 saturated carbocycles. The monoisotopic (exact) mass is 217 g/mol. The summed E-state index contributed by atoms with van der Waals surface area (Å²) in [6.45, 7) is 7.03. The van der Waals surface area contributed by atoms with Crippen molar-refractivity contribution in [3.8, 4) is 0 Å². The normalized spacial score (nSPS) is 14.9. The molecule has 0 bridgehead atoms. The van der Waals surface area contributed by atoms with E-state index in [1.54, 1.807) is 0 Å². The second-order valence-corrected chi connectivity index (χ2v) is 3.86. The van der Waals surface area contributed by atoms with Crippen LogP contribution in [-0.2, 0) is 0 Å². The van der Waals surface area contributed by atoms with Gasteiger partial charge < -0.3 is 16.0 Å². The molecular formula is C10H23N3O2. The standard InChI is InChI=1S/C10H23N3O2/c1-4-9(10(11)12-15)13(8(2)3)6-5-7-14/h8-9,14-15H,4-7H2,1-3H3,(H2,11,12). The van der Waals surface area contributed by atoms with Crippen LogP contribution in [0, 0.1) is 0 Å². The molecule has 0 aromatic heterocycles. The van der Waals surface area contributed by atoms with E-state index in [9.17, 15) is 0 Å². The van der Waals surface area contributed by atoms with Gasteiger partial charge in [0.1, 0.15) is 0 Å². The quantitative estimate of drug-likeness (QED) is 0.252. The van der Waals surface area contributed by atoms with Gasteiger partial charge in [-0.05, 0) is 26.7 Å². The van der Waals surface area contributed by atoms with Crippen LogP contribution in [0.5, 0.6) is 0 Å². The van der Waals surface area contributed by atoms with Crippen molar-refractivity contribution in [2.45, 2.75) is 45.7 Å². The van der Waals surface area contributed by atoms with Crippen LogP contribution in [0.1, 0.15) is 33.6 Å². The van der Waals surface area contributed by atoms with E-state index in [1.807, 2.05) is 6.92 Å². The van der Waals surface area contributed by atoms with Gasteiger partial charge >= 0.3 is 0 Å². The van der Waals surface area contributed by atoms with Crippen LogP contribution >= 0.6 is 0 Å². The number of rotatable bonds is 7. The zero-order valence-electron chi connectivity index (χ0n) is 9.85. The van der Waals surface area contributed by atoms with Gasteiger partial charge in [0.15, 0.2) is 5.84 Å². The van der Waals surface area contributed by atoms with Crippen molar-refractivity contribution < 1.29 is 10.3 Å². The smallest absolute Gasteiger partial charge is 0.156 e. The first-order valence-corrected chi connectivity index (χ1v) is 5.42. The molecule has 1 unspecified atom stereocenters. The Labute approximate surface area is 91.6 Å². The minimum absolute atomic E-state index is 0.0541. The van der Waals surface area contributed by atoms with Gasteiger partial charge in [-0.2, -0.15) is 0 Å². The van der Waals surface area contributed by atoms with Gasteiger partial charge in [0, 0.05) is 19.2 Å². The summed E-state index contributed by atoms with van der Waals surface area (Å²) in [5.41, 5.74) is 5.63. The molecule has 4 N–H and O–H groups in total. The van der Waals surface area contributed by atoms with E-state index >= 15 is 0 Å². The van der Waals surface area contributed by atoms with E-state index in [0.29, 0.717) is 12.5 Å². The van der Waals surface area contributed by atoms with Crippen LogP contribution in [0.4, 0.5) is 0 Å². The lowest BCUT2D eigenvalue weighted by Crippen LogP contribution is -2.48. The number of hydrogen-bond donors (Lipinski definition) is 3. The van der Waals surface area contributed by atoms with Crippen LogP contribution in [0.3, 0.4) is 0 Å². The number of aliphatic hydroxyl groups is 1. The predicted molar refractivity (Wildman–Crippen MR) is 61.0 cm³/mol. The molecular weight excluding hydrogens is 194 g/mol. The second-order valence-electron chi connectivity index (χ2n) is 3.86. The average Bonchev–Trinajstić information content (AvgIpc) is 2.22. The Morgan fingerprint density at radius 2 is 2.07 bits per heavy atom. The van der Waals surface area contributed by atoms with Gasteiger partial charge in [0.05, 0.1) is 6.04 Å². The third-order valence-electron chi connectivity index (χ3n) is 2.48. The Morgan fingerprint density at radius 1 is 1.47 bits per heavy atom. The summed E-state index contributed by atoms with van der Waals surface area (Å²) in [6, 6.07) is 0.253. The number of amidine groups is 1. The van der Waals surface area contributed by atoms with Crippen molar-refractivity contribution in [3.05, 3.63) is 0 Å². The summed E-state index contributed by atoms with van der Waals surface area (Å²) in [5.74, 6) is 0.240. The third kappa shape index (κ3) is 4.48. The van der Waals surface area contributed by atoms with Crippen molar-refractivity contribution in [1.82, 2.24) is 4.90 Å². The molecule has 0 rings (SSSR count). The number of nitrogens with two attached hydrogens (primary N) is 1. The van der Waals surface area contributed by atoms with Gasteiger partial charge in [-0.15, -0.1) is 0 Å². The molecule has 0 aliphatic rings. The molecule has 5 heteroatoms. The van der Waals surface area contributed by atoms with E-state index < -0.39 is 0 Å². The Kier molecular flexibility index (Phi) is 7.07. The Balaban J connectivity index is 4.55. The SMILES string of the molecule is CCC(C(N)=NO)N(CCCO)C(C)C. The maximum absolute atomic E-state index is 8.81. The first-order valence-electron chi connectivity index (χ1n) is 5.42. The summed E-state index contributed by atoms with van der Waals surface area (Å²) < 4.78 is 0. The first-order chi connectivity index (χ1) is 7.08. The summed E-state index contributed by atoms with van der Waals surface area (Å²) in [5, 5.41) is 20.6. The molecule has 5 nitrogen and oxygen atoms in total. The molecule has 0 heterocycles. The summed E-state index contributed by atoms with van der Waals surface area (Å²) in [6.07, 6.45) is 1.49. The van der Waals surface area contributed by atoms with E-state index in [0.717, 1.165) is 13.0 Å². The van der Waals surface area contributed by atoms with E-state index in [2.05, 4.69) is 23.9 Å². The van der Waals surface area contributed by atoms with Gasteiger partial charge in [-0.1, -0.05) is 12.1 Å². The maximum atomic E-state index is 8.81. The Morgan fingerprint density at radius 3 is 2.40 bits per heavy atom. The van der Waals surface area contributed by atoms with Crippen LogP contribution in [0.25, 0.3) is 0 Å². The fourth-order valence-corrected chi connectivity index (χ4v) is 1.71. The highest BCUT2D eigenvalue weighted by molar-refractivity contribution is 5.85. The largest absolute Gasteiger partial charge is 0.409 e. The minimum Gasteiger partial charge on any atom is -0.409 e. The van der Waals surface area contributed by atoms with Gasteiger partial charge in [0.25, 0.3) is 0 Å². The Bertz CT molecular complexity index is 195. The summed E-state index contributed by atoms with van der Waals surface area (Å²) >= 11 is 0. The highest BCUT2D eigenvalue weighted by Gasteiger charge is 2.22. The lowest BCUT2D eigenvalue weighted by molar-refractivity contribution is 0.163. The number of aliphatic hydroxyl groups excluding tert-OH is 1. The van der Waals surface area contributed by atoms with Crippen molar-refractivity contribution in [3.63, 3.8) is 0 Å². The minimum atomic E-state index is -0.0541. The summed E-state index contributed by atoms with van der Waals surface area (Å²) in [4.78, 5) is 2.13. The van der Waals surface area contributed by atoms with Gasteiger partial charge in [-0.3, -0.25) is 4.90 Å². The van der Waals surface area contributed by atoms with E-state index in [1.165, 1.54) is 0 Å². The number of oxime groups is 1. The van der Waals surface area contributed by atoms with Crippen molar-refractivity contribution in [2.24, 2.45) is 10.9 Å². The Hall–Kier alpha value is -0.810. The van der Waals surface area contributed by atoms with Crippen LogP contribution in [-0.4, -0.2) is 46.3 Å². The summed E-state index contributed by atoms with van der Waals surface area (Å²) in [7, 11) is 0. The second kappa shape index (κ2) is 7.48. The lowest BCUT2D eigenvalue weighted by Gasteiger charge is -2.33. The molecule has 1 atom stereocenters. The molecule has 0 fully saturated rings. The molecule has 0 aliphatic carbocycles. The topological polar surface area (TPSA) is 82.1 Å². The molecule has 0 aromatic carbocycles. The fourth-order valence-electron chi connectivity index (χ4n) is 1.71. The zero-order valence-corrected chi connectivity index (χ0v) is 9.85. The molecule has 0 aromatic rings. The van der Waals surface area contributed by atoms with Crippen molar-refractivity contribution in [1.29, 1.82) is 0 Å². The highest BCUT2D eigenvalue weighted by Crippen LogP contribution is 2.10. The molecule has 15 heavy (non-hydrogen) atoms. The lowest BCUT2D eigenvalue weighted by atomic mass is 10.1. The van der Waals surface area contributed by atoms with E-state index in [-0.39, 0.29) is 18.5 Å². The van der Waals surface area contributed by atoms with Crippen LogP contribution < -0.4 is 5.73 Å². The van der Waals surface area contributed by atoms with Crippen molar-refractivity contribution >= 4 is 5.84 Å². The van der Waals surface area contributed by atoms with Crippen LogP contribution in [0.15, 0.2) is 5.16 Å². The first kappa shape index (κ1) is 14.2. The van der Waals surface area contributed by atoms with E-state index in [4.69, 9.17) is 16.0 Å². The fraction of sp³-hybridized carbons (Fsp3) is 0.900. The molecule has 0 amide bonds. The highest BCUT2D eigenvalue weighted by atomic mass is 16.4. The number of nitrogens with zero attached hydrogens (tertiary/aromatic N) is 2. The molecule has 0 saturated heterocycles. The molecule has 0 radical (unpaired) electrons. The predicted octanol–water partition coefficient (Wildman–Crippen LogP) is 0.604. The molecule has 0 aliphatic heterocycles. The van der Waals surface area contributed by atoms with Gasteiger partial charge in [0.2, 0.25) is 0 Å². The van der Waals surface area contributed by atoms with Crippen molar-refractivity contribution in [2.75, 3.05) is 13.2 Å². The third-order valence-corrected chi connectivity index (χ3v) is 2.48. The molecule has 90 valence electrons. The molecule has 0 spiro atoms. The maximum Gasteiger partial charge on any atom is 0.156 e. The zero-order chi connectivity index (χ0) is 11.8.